The molecule has 1 N–H and O–H groups in total. The Morgan fingerprint density at radius 1 is 0.795 bits per heavy atom. The molecule has 0 saturated heterocycles. The summed E-state index contributed by atoms with van der Waals surface area (Å²) in [5.74, 6) is 1.58. The molecule has 0 aliphatic heterocycles. The maximum Gasteiger partial charge on any atom is 0.224 e. The van der Waals surface area contributed by atoms with Crippen LogP contribution in [0.15, 0.2) is 83.6 Å². The van der Waals surface area contributed by atoms with Crippen LogP contribution in [-0.4, -0.2) is 56.1 Å². The topological polar surface area (TPSA) is 88.2 Å². The van der Waals surface area contributed by atoms with Gasteiger partial charge in [-0.25, -0.2) is 8.42 Å². The lowest BCUT2D eigenvalue weighted by Gasteiger charge is -2.24. The van der Waals surface area contributed by atoms with E-state index in [9.17, 15) is 13.2 Å². The highest BCUT2D eigenvalue weighted by molar-refractivity contribution is 7.89. The fourth-order valence-electron chi connectivity index (χ4n) is 4.68. The lowest BCUT2D eigenvalue weighted by atomic mass is 10.1. The molecule has 0 aliphatic rings. The first-order valence-corrected chi connectivity index (χ1v) is 17.9. The Hall–Kier alpha value is -3.22. The number of nitrogens with zero attached hydrogens (tertiary/aromatic N) is 2. The van der Waals surface area contributed by atoms with E-state index >= 15 is 0 Å². The first-order chi connectivity index (χ1) is 21.3. The monoisotopic (exact) mass is 655 g/mol. The lowest BCUT2D eigenvalue weighted by molar-refractivity contribution is -0.132. The van der Waals surface area contributed by atoms with Gasteiger partial charge in [0, 0.05) is 54.9 Å². The quantitative estimate of drug-likeness (QED) is 0.139. The molecule has 0 saturated carbocycles. The number of hydrogen-bond donors (Lipinski definition) is 1. The second kappa shape index (κ2) is 16.7. The van der Waals surface area contributed by atoms with Crippen molar-refractivity contribution in [3.8, 4) is 11.5 Å². The van der Waals surface area contributed by atoms with Gasteiger partial charge in [-0.15, -0.1) is 22.7 Å². The predicted octanol–water partition coefficient (Wildman–Crippen LogP) is 6.15. The Labute approximate surface area is 269 Å². The molecular formula is C33H41N3O5S3. The molecule has 4 rings (SSSR count). The number of benzene rings is 2. The Bertz CT molecular complexity index is 1420. The summed E-state index contributed by atoms with van der Waals surface area (Å²) in [6, 6.07) is 23.2. The molecule has 1 unspecified atom stereocenters. The Morgan fingerprint density at radius 3 is 1.73 bits per heavy atom. The van der Waals surface area contributed by atoms with Crippen molar-refractivity contribution in [1.29, 1.82) is 0 Å². The van der Waals surface area contributed by atoms with E-state index in [1.54, 1.807) is 41.2 Å². The number of ether oxygens (including phenoxy) is 2. The van der Waals surface area contributed by atoms with Gasteiger partial charge in [0.1, 0.15) is 11.5 Å². The molecule has 2 aromatic carbocycles. The highest BCUT2D eigenvalue weighted by Gasteiger charge is 2.24. The average molecular weight is 656 g/mol. The SMILES string of the molecule is COc1ccc(CN(Cc2ccc(OC)cc2)C(=O)CCNC(C)CCS(=O)(=O)N(Cc2cccs2)Cc2cccs2)cc1. The van der Waals surface area contributed by atoms with E-state index in [1.807, 2.05) is 95.4 Å². The van der Waals surface area contributed by atoms with E-state index in [4.69, 9.17) is 9.47 Å². The van der Waals surface area contributed by atoms with Crippen molar-refractivity contribution >= 4 is 38.6 Å². The molecule has 0 spiro atoms. The van der Waals surface area contributed by atoms with Gasteiger partial charge in [0.05, 0.1) is 20.0 Å². The van der Waals surface area contributed by atoms with Crippen LogP contribution in [-0.2, 0) is 41.0 Å². The van der Waals surface area contributed by atoms with Crippen LogP contribution in [0.3, 0.4) is 0 Å². The molecule has 1 atom stereocenters. The van der Waals surface area contributed by atoms with Gasteiger partial charge in [0.15, 0.2) is 0 Å². The van der Waals surface area contributed by atoms with Crippen molar-refractivity contribution in [3.05, 3.63) is 104 Å². The zero-order valence-electron chi connectivity index (χ0n) is 25.5. The predicted molar refractivity (Wildman–Crippen MR) is 179 cm³/mol. The minimum absolute atomic E-state index is 0.0158. The Balaban J connectivity index is 1.31. The summed E-state index contributed by atoms with van der Waals surface area (Å²) < 4.78 is 39.0. The second-order valence-corrected chi connectivity index (χ2v) is 14.7. The van der Waals surface area contributed by atoms with E-state index in [0.717, 1.165) is 32.4 Å². The van der Waals surface area contributed by atoms with E-state index in [1.165, 1.54) is 0 Å². The van der Waals surface area contributed by atoms with E-state index in [-0.39, 0.29) is 17.7 Å². The van der Waals surface area contributed by atoms with Crippen molar-refractivity contribution in [2.75, 3.05) is 26.5 Å². The minimum Gasteiger partial charge on any atom is -0.497 e. The van der Waals surface area contributed by atoms with E-state index in [2.05, 4.69) is 5.32 Å². The van der Waals surface area contributed by atoms with Crippen molar-refractivity contribution in [3.63, 3.8) is 0 Å². The van der Waals surface area contributed by atoms with Gasteiger partial charge in [-0.3, -0.25) is 4.79 Å². The standard InChI is InChI=1S/C33H41N3O5S3/c1-26(17-21-44(38,39)36(24-31-6-4-19-42-31)25-32-7-5-20-43-32)34-18-16-33(37)35(22-27-8-12-29(40-2)13-9-27)23-28-10-14-30(41-3)15-11-28/h4-15,19-20,26,34H,16-18,21-25H2,1-3H3. The third-order valence-corrected chi connectivity index (χ3v) is 10.8. The van der Waals surface area contributed by atoms with Gasteiger partial charge in [0.2, 0.25) is 15.9 Å². The number of nitrogens with one attached hydrogen (secondary N) is 1. The number of methoxy groups -OCH3 is 2. The number of carbonyl (C=O) groups is 1. The fourth-order valence-corrected chi connectivity index (χ4v) is 7.86. The van der Waals surface area contributed by atoms with Gasteiger partial charge in [-0.05, 0) is 71.6 Å². The molecule has 8 nitrogen and oxygen atoms in total. The summed E-state index contributed by atoms with van der Waals surface area (Å²) in [6.07, 6.45) is 0.746. The van der Waals surface area contributed by atoms with Gasteiger partial charge in [-0.1, -0.05) is 36.4 Å². The van der Waals surface area contributed by atoms with Gasteiger partial charge >= 0.3 is 0 Å². The zero-order valence-corrected chi connectivity index (χ0v) is 27.9. The fraction of sp³-hybridized carbons (Fsp3) is 0.364. The highest BCUT2D eigenvalue weighted by Crippen LogP contribution is 2.21. The van der Waals surface area contributed by atoms with E-state index < -0.39 is 10.0 Å². The van der Waals surface area contributed by atoms with Crippen molar-refractivity contribution in [2.24, 2.45) is 0 Å². The third-order valence-electron chi connectivity index (χ3n) is 7.28. The van der Waals surface area contributed by atoms with Crippen LogP contribution in [0.1, 0.15) is 40.6 Å². The van der Waals surface area contributed by atoms with Gasteiger partial charge in [0.25, 0.3) is 0 Å². The molecule has 11 heteroatoms. The number of rotatable bonds is 18. The van der Waals surface area contributed by atoms with Crippen LogP contribution >= 0.6 is 22.7 Å². The van der Waals surface area contributed by atoms with Crippen LogP contribution in [0.25, 0.3) is 0 Å². The first kappa shape index (κ1) is 33.7. The molecule has 2 heterocycles. The first-order valence-electron chi connectivity index (χ1n) is 14.6. The summed E-state index contributed by atoms with van der Waals surface area (Å²) >= 11 is 3.12. The molecule has 236 valence electrons. The molecule has 2 aromatic heterocycles. The zero-order chi connectivity index (χ0) is 31.4. The number of amides is 1. The molecule has 0 radical (unpaired) electrons. The van der Waals surface area contributed by atoms with Gasteiger partial charge in [-0.2, -0.15) is 4.31 Å². The lowest BCUT2D eigenvalue weighted by Crippen LogP contribution is -2.37. The van der Waals surface area contributed by atoms with E-state index in [0.29, 0.717) is 45.6 Å². The molecule has 44 heavy (non-hydrogen) atoms. The van der Waals surface area contributed by atoms with Crippen LogP contribution in [0, 0.1) is 0 Å². The maximum atomic E-state index is 13.4. The molecule has 0 aliphatic carbocycles. The van der Waals surface area contributed by atoms with Crippen LogP contribution < -0.4 is 14.8 Å². The van der Waals surface area contributed by atoms with Crippen molar-refractivity contribution in [1.82, 2.24) is 14.5 Å². The minimum atomic E-state index is -3.49. The van der Waals surface area contributed by atoms with Crippen LogP contribution in [0.5, 0.6) is 11.5 Å². The molecule has 0 fully saturated rings. The summed E-state index contributed by atoms with van der Waals surface area (Å²) in [4.78, 5) is 17.3. The van der Waals surface area contributed by atoms with Crippen LogP contribution in [0.4, 0.5) is 0 Å². The normalized spacial score (nSPS) is 12.3. The second-order valence-electron chi connectivity index (χ2n) is 10.6. The molecule has 4 aromatic rings. The number of carbonyl (C=O) groups excluding carboxylic acids is 1. The Morgan fingerprint density at radius 2 is 1.30 bits per heavy atom. The molecule has 0 bridgehead atoms. The summed E-state index contributed by atoms with van der Waals surface area (Å²) in [6.45, 7) is 4.09. The molecule has 1 amide bonds. The summed E-state index contributed by atoms with van der Waals surface area (Å²) in [5, 5.41) is 7.30. The van der Waals surface area contributed by atoms with Crippen molar-refractivity contribution < 1.29 is 22.7 Å². The van der Waals surface area contributed by atoms with Crippen LogP contribution in [0.2, 0.25) is 0 Å². The van der Waals surface area contributed by atoms with Gasteiger partial charge < -0.3 is 19.7 Å². The highest BCUT2D eigenvalue weighted by atomic mass is 32.2. The number of sulfonamides is 1. The average Bonchev–Trinajstić information content (AvgIpc) is 3.75. The smallest absolute Gasteiger partial charge is 0.224 e. The number of thiophene rings is 2. The summed E-state index contributed by atoms with van der Waals surface area (Å²) in [7, 11) is -0.232. The Kier molecular flexibility index (Phi) is 12.8. The number of hydrogen-bond acceptors (Lipinski definition) is 8. The maximum absolute atomic E-state index is 13.4. The molecular weight excluding hydrogens is 615 g/mol. The van der Waals surface area contributed by atoms with Crippen molar-refractivity contribution in [2.45, 2.75) is 52.0 Å². The summed E-state index contributed by atoms with van der Waals surface area (Å²) in [5.41, 5.74) is 2.02. The third kappa shape index (κ3) is 10.4. The largest absolute Gasteiger partial charge is 0.497 e.